The van der Waals surface area contributed by atoms with Gasteiger partial charge in [0, 0.05) is 17.6 Å². The molecule has 0 fully saturated rings. The number of ether oxygens (including phenoxy) is 1. The highest BCUT2D eigenvalue weighted by Crippen LogP contribution is 2.32. The molecular weight excluding hydrogens is 292 g/mol. The third-order valence-electron chi connectivity index (χ3n) is 2.72. The van der Waals surface area contributed by atoms with Gasteiger partial charge in [-0.05, 0) is 19.1 Å². The van der Waals surface area contributed by atoms with Crippen molar-refractivity contribution in [3.05, 3.63) is 22.7 Å². The lowest BCUT2D eigenvalue weighted by Gasteiger charge is -2.04. The summed E-state index contributed by atoms with van der Waals surface area (Å²) in [5.41, 5.74) is 12.2. The van der Waals surface area contributed by atoms with E-state index in [1.165, 1.54) is 11.3 Å². The van der Waals surface area contributed by atoms with Crippen LogP contribution in [-0.2, 0) is 9.53 Å². The van der Waals surface area contributed by atoms with Crippen LogP contribution in [0.15, 0.2) is 12.1 Å². The van der Waals surface area contributed by atoms with Crippen LogP contribution in [-0.4, -0.2) is 36.6 Å². The van der Waals surface area contributed by atoms with Crippen molar-refractivity contribution >= 4 is 39.1 Å². The van der Waals surface area contributed by atoms with E-state index in [0.717, 1.165) is 15.9 Å². The summed E-state index contributed by atoms with van der Waals surface area (Å²) >= 11 is 1.25. The van der Waals surface area contributed by atoms with Gasteiger partial charge < -0.3 is 21.5 Å². The number of carbonyl (C=O) groups is 2. The number of thiophene rings is 1. The molecule has 5 N–H and O–H groups in total. The number of anilines is 1. The number of nitrogen functional groups attached to an aromatic ring is 1. The average Bonchev–Trinajstić information content (AvgIpc) is 2.74. The van der Waals surface area contributed by atoms with Gasteiger partial charge in [0.1, 0.15) is 16.3 Å². The van der Waals surface area contributed by atoms with E-state index in [0.29, 0.717) is 10.6 Å². The number of aryl methyl sites for hydroxylation is 1. The van der Waals surface area contributed by atoms with E-state index in [4.69, 9.17) is 16.2 Å². The quantitative estimate of drug-likeness (QED) is 0.668. The van der Waals surface area contributed by atoms with Crippen molar-refractivity contribution in [3.63, 3.8) is 0 Å². The fraction of sp³-hybridized carbons (Fsp3) is 0.308. The molecule has 0 atom stereocenters. The molecule has 2 aromatic rings. The van der Waals surface area contributed by atoms with E-state index >= 15 is 0 Å². The molecule has 0 bridgehead atoms. The lowest BCUT2D eigenvalue weighted by molar-refractivity contribution is -0.122. The molecule has 0 saturated carbocycles. The molecule has 0 spiro atoms. The van der Waals surface area contributed by atoms with Gasteiger partial charge in [-0.3, -0.25) is 9.59 Å². The maximum absolute atomic E-state index is 12.1. The number of rotatable bonds is 6. The molecule has 0 aliphatic rings. The molecule has 2 heterocycles. The van der Waals surface area contributed by atoms with Crippen LogP contribution in [0.1, 0.15) is 15.4 Å². The van der Waals surface area contributed by atoms with Gasteiger partial charge in [0.25, 0.3) is 5.91 Å². The largest absolute Gasteiger partial charge is 0.397 e. The van der Waals surface area contributed by atoms with E-state index in [1.54, 1.807) is 0 Å². The van der Waals surface area contributed by atoms with Crippen LogP contribution in [0.25, 0.3) is 10.2 Å². The minimum Gasteiger partial charge on any atom is -0.397 e. The number of fused-ring (bicyclic) bond motifs is 1. The summed E-state index contributed by atoms with van der Waals surface area (Å²) in [7, 11) is 0. The Hall–Kier alpha value is -2.19. The third kappa shape index (κ3) is 3.67. The highest BCUT2D eigenvalue weighted by molar-refractivity contribution is 7.21. The van der Waals surface area contributed by atoms with Gasteiger partial charge in [-0.2, -0.15) is 0 Å². The van der Waals surface area contributed by atoms with Gasteiger partial charge in [0.15, 0.2) is 0 Å². The molecule has 0 saturated heterocycles. The number of hydrogen-bond acceptors (Lipinski definition) is 6. The van der Waals surface area contributed by atoms with Crippen molar-refractivity contribution in [1.29, 1.82) is 0 Å². The zero-order valence-electron chi connectivity index (χ0n) is 11.5. The van der Waals surface area contributed by atoms with Gasteiger partial charge in [-0.25, -0.2) is 4.98 Å². The number of nitrogens with one attached hydrogen (secondary N) is 1. The third-order valence-corrected chi connectivity index (χ3v) is 3.83. The van der Waals surface area contributed by atoms with E-state index in [-0.39, 0.29) is 25.7 Å². The Morgan fingerprint density at radius 2 is 2.19 bits per heavy atom. The first-order valence-corrected chi connectivity index (χ1v) is 7.10. The Kier molecular flexibility index (Phi) is 4.71. The minimum absolute atomic E-state index is 0.163. The van der Waals surface area contributed by atoms with Gasteiger partial charge in [-0.1, -0.05) is 0 Å². The lowest BCUT2D eigenvalue weighted by atomic mass is 10.2. The molecule has 0 unspecified atom stereocenters. The van der Waals surface area contributed by atoms with E-state index in [9.17, 15) is 9.59 Å². The fourth-order valence-electron chi connectivity index (χ4n) is 1.75. The summed E-state index contributed by atoms with van der Waals surface area (Å²) in [6.07, 6.45) is 0. The van der Waals surface area contributed by atoms with Crippen LogP contribution < -0.4 is 16.8 Å². The maximum Gasteiger partial charge on any atom is 0.263 e. The zero-order chi connectivity index (χ0) is 15.4. The Morgan fingerprint density at radius 3 is 2.90 bits per heavy atom. The van der Waals surface area contributed by atoms with E-state index < -0.39 is 5.91 Å². The predicted molar refractivity (Wildman–Crippen MR) is 81.1 cm³/mol. The van der Waals surface area contributed by atoms with Gasteiger partial charge in [0.05, 0.1) is 12.3 Å². The van der Waals surface area contributed by atoms with Crippen LogP contribution in [0.5, 0.6) is 0 Å². The predicted octanol–water partition coefficient (Wildman–Crippen LogP) is 0.419. The lowest BCUT2D eigenvalue weighted by Crippen LogP contribution is -2.28. The number of carbonyl (C=O) groups excluding carboxylic acids is 2. The molecule has 0 radical (unpaired) electrons. The molecule has 21 heavy (non-hydrogen) atoms. The first kappa shape index (κ1) is 15.2. The second-order valence-electron chi connectivity index (χ2n) is 4.43. The molecule has 112 valence electrons. The van der Waals surface area contributed by atoms with Gasteiger partial charge in [0.2, 0.25) is 5.91 Å². The molecule has 8 heteroatoms. The molecular formula is C13H16N4O3S. The van der Waals surface area contributed by atoms with Crippen LogP contribution in [0.3, 0.4) is 0 Å². The first-order valence-electron chi connectivity index (χ1n) is 6.29. The van der Waals surface area contributed by atoms with E-state index in [2.05, 4.69) is 10.3 Å². The van der Waals surface area contributed by atoms with Crippen LogP contribution >= 0.6 is 11.3 Å². The molecule has 2 rings (SSSR count). The Labute approximate surface area is 125 Å². The highest BCUT2D eigenvalue weighted by Gasteiger charge is 2.16. The summed E-state index contributed by atoms with van der Waals surface area (Å²) in [4.78, 5) is 28.1. The second-order valence-corrected chi connectivity index (χ2v) is 5.42. The number of nitrogens with two attached hydrogens (primary N) is 2. The second kappa shape index (κ2) is 6.51. The molecule has 0 aromatic carbocycles. The first-order chi connectivity index (χ1) is 9.99. The molecule has 2 aromatic heterocycles. The highest BCUT2D eigenvalue weighted by atomic mass is 32.1. The number of amides is 2. The average molecular weight is 308 g/mol. The van der Waals surface area contributed by atoms with Crippen LogP contribution in [0, 0.1) is 6.92 Å². The standard InChI is InChI=1S/C13H16N4O3S/c1-7-2-3-8-10(15)11(21-13(8)17-7)12(19)16-4-5-20-6-9(14)18/h2-3H,4-6,15H2,1H3,(H2,14,18)(H,16,19). The van der Waals surface area contributed by atoms with Gasteiger partial charge in [-0.15, -0.1) is 11.3 Å². The van der Waals surface area contributed by atoms with Crippen molar-refractivity contribution < 1.29 is 14.3 Å². The van der Waals surface area contributed by atoms with Crippen molar-refractivity contribution in [2.24, 2.45) is 5.73 Å². The minimum atomic E-state index is -0.545. The Bertz CT molecular complexity index is 683. The van der Waals surface area contributed by atoms with E-state index in [1.807, 2.05) is 19.1 Å². The topological polar surface area (TPSA) is 120 Å². The summed E-state index contributed by atoms with van der Waals surface area (Å²) in [6.45, 7) is 2.19. The molecule has 2 amide bonds. The summed E-state index contributed by atoms with van der Waals surface area (Å²) in [5.74, 6) is -0.827. The Morgan fingerprint density at radius 1 is 1.43 bits per heavy atom. The SMILES string of the molecule is Cc1ccc2c(N)c(C(=O)NCCOCC(N)=O)sc2n1. The van der Waals surface area contributed by atoms with Crippen LogP contribution in [0.2, 0.25) is 0 Å². The number of nitrogens with zero attached hydrogens (tertiary/aromatic N) is 1. The fourth-order valence-corrected chi connectivity index (χ4v) is 2.80. The Balaban J connectivity index is 1.99. The molecule has 7 nitrogen and oxygen atoms in total. The summed E-state index contributed by atoms with van der Waals surface area (Å²) in [6, 6.07) is 3.71. The number of aromatic nitrogens is 1. The van der Waals surface area contributed by atoms with Crippen molar-refractivity contribution in [3.8, 4) is 0 Å². The number of primary amides is 1. The maximum atomic E-state index is 12.1. The van der Waals surface area contributed by atoms with Crippen molar-refractivity contribution in [1.82, 2.24) is 10.3 Å². The molecule has 0 aliphatic heterocycles. The number of pyridine rings is 1. The van der Waals surface area contributed by atoms with Gasteiger partial charge >= 0.3 is 0 Å². The summed E-state index contributed by atoms with van der Waals surface area (Å²) in [5, 5.41) is 3.45. The van der Waals surface area contributed by atoms with Crippen molar-refractivity contribution in [2.45, 2.75) is 6.92 Å². The van der Waals surface area contributed by atoms with Crippen molar-refractivity contribution in [2.75, 3.05) is 25.5 Å². The monoisotopic (exact) mass is 308 g/mol. The normalized spacial score (nSPS) is 10.7. The van der Waals surface area contributed by atoms with Crippen LogP contribution in [0.4, 0.5) is 5.69 Å². The zero-order valence-corrected chi connectivity index (χ0v) is 12.3. The molecule has 0 aliphatic carbocycles. The smallest absolute Gasteiger partial charge is 0.263 e. The summed E-state index contributed by atoms with van der Waals surface area (Å²) < 4.78 is 4.96. The number of hydrogen-bond donors (Lipinski definition) is 3.